The topological polar surface area (TPSA) is 38.3 Å². The minimum absolute atomic E-state index is 0.00189. The minimum atomic E-state index is -0.506. The Labute approximate surface area is 155 Å². The van der Waals surface area contributed by atoms with Crippen molar-refractivity contribution < 1.29 is 9.53 Å². The molecule has 0 aliphatic carbocycles. The molecule has 0 aliphatic heterocycles. The van der Waals surface area contributed by atoms with E-state index in [1.165, 1.54) is 0 Å². The molecule has 0 radical (unpaired) electrons. The number of fused-ring (bicyclic) bond motifs is 1. The Kier molecular flexibility index (Phi) is 5.90. The monoisotopic (exact) mass is 347 g/mol. The molecule has 3 aromatic carbocycles. The van der Waals surface area contributed by atoms with E-state index in [4.69, 9.17) is 4.74 Å². The molecular weight excluding hydrogens is 322 g/mol. The second-order valence-electron chi connectivity index (χ2n) is 6.40. The van der Waals surface area contributed by atoms with Gasteiger partial charge in [-0.05, 0) is 41.3 Å². The van der Waals surface area contributed by atoms with Crippen LogP contribution in [-0.2, 0) is 4.79 Å². The van der Waals surface area contributed by atoms with Crippen LogP contribution >= 0.6 is 0 Å². The van der Waals surface area contributed by atoms with Crippen molar-refractivity contribution in [2.75, 3.05) is 0 Å². The fourth-order valence-electron chi connectivity index (χ4n) is 3.10. The maximum atomic E-state index is 12.7. The molecule has 0 aliphatic rings. The minimum Gasteiger partial charge on any atom is -0.481 e. The molecule has 2 atom stereocenters. The van der Waals surface area contributed by atoms with Crippen LogP contribution in [0.4, 0.5) is 0 Å². The molecule has 0 saturated heterocycles. The Hall–Kier alpha value is -2.81. The fourth-order valence-corrected chi connectivity index (χ4v) is 3.10. The van der Waals surface area contributed by atoms with Gasteiger partial charge >= 0.3 is 0 Å². The predicted octanol–water partition coefficient (Wildman–Crippen LogP) is 5.26. The van der Waals surface area contributed by atoms with E-state index in [1.807, 2.05) is 73.7 Å². The predicted molar refractivity (Wildman–Crippen MR) is 106 cm³/mol. The van der Waals surface area contributed by atoms with E-state index < -0.39 is 6.10 Å². The molecule has 3 heteroatoms. The van der Waals surface area contributed by atoms with Crippen molar-refractivity contribution in [3.63, 3.8) is 0 Å². The van der Waals surface area contributed by atoms with E-state index in [-0.39, 0.29) is 11.9 Å². The molecule has 0 spiro atoms. The van der Waals surface area contributed by atoms with Gasteiger partial charge in [0.1, 0.15) is 5.75 Å². The number of nitrogens with one attached hydrogen (secondary N) is 1. The number of hydrogen-bond acceptors (Lipinski definition) is 2. The molecular formula is C23H25NO2. The molecule has 0 unspecified atom stereocenters. The highest BCUT2D eigenvalue weighted by Gasteiger charge is 2.22. The first-order chi connectivity index (χ1) is 12.7. The smallest absolute Gasteiger partial charge is 0.261 e. The number of carbonyl (C=O) groups is 1. The highest BCUT2D eigenvalue weighted by atomic mass is 16.5. The van der Waals surface area contributed by atoms with Crippen LogP contribution in [0.2, 0.25) is 0 Å². The van der Waals surface area contributed by atoms with Crippen LogP contribution in [-0.4, -0.2) is 12.0 Å². The average molecular weight is 347 g/mol. The van der Waals surface area contributed by atoms with Crippen LogP contribution in [0.15, 0.2) is 72.8 Å². The maximum Gasteiger partial charge on any atom is 0.261 e. The van der Waals surface area contributed by atoms with Gasteiger partial charge in [-0.25, -0.2) is 0 Å². The number of carbonyl (C=O) groups excluding carboxylic acids is 1. The quantitative estimate of drug-likeness (QED) is 0.633. The summed E-state index contributed by atoms with van der Waals surface area (Å²) in [5, 5.41) is 5.39. The Morgan fingerprint density at radius 1 is 0.885 bits per heavy atom. The van der Waals surface area contributed by atoms with Crippen molar-refractivity contribution in [3.05, 3.63) is 78.4 Å². The fraction of sp³-hybridized carbons (Fsp3) is 0.261. The summed E-state index contributed by atoms with van der Waals surface area (Å²) >= 11 is 0. The lowest BCUT2D eigenvalue weighted by Crippen LogP contribution is -2.39. The molecule has 0 heterocycles. The van der Waals surface area contributed by atoms with Crippen LogP contribution in [0.3, 0.4) is 0 Å². The molecule has 1 amide bonds. The second kappa shape index (κ2) is 8.52. The highest BCUT2D eigenvalue weighted by Crippen LogP contribution is 2.23. The first-order valence-corrected chi connectivity index (χ1v) is 9.22. The summed E-state index contributed by atoms with van der Waals surface area (Å²) in [4.78, 5) is 12.7. The lowest BCUT2D eigenvalue weighted by atomic mass is 10.0. The van der Waals surface area contributed by atoms with Crippen LogP contribution in [0.25, 0.3) is 10.8 Å². The number of amides is 1. The third-order valence-electron chi connectivity index (χ3n) is 4.59. The molecule has 3 rings (SSSR count). The van der Waals surface area contributed by atoms with Gasteiger partial charge in [-0.1, -0.05) is 74.5 Å². The summed E-state index contributed by atoms with van der Waals surface area (Å²) in [6.45, 7) is 4.04. The molecule has 0 bridgehead atoms. The van der Waals surface area contributed by atoms with Crippen LogP contribution in [0.5, 0.6) is 5.75 Å². The third kappa shape index (κ3) is 4.23. The third-order valence-corrected chi connectivity index (χ3v) is 4.59. The van der Waals surface area contributed by atoms with Crippen LogP contribution in [0, 0.1) is 0 Å². The second-order valence-corrected chi connectivity index (χ2v) is 6.40. The van der Waals surface area contributed by atoms with Gasteiger partial charge in [0.05, 0.1) is 6.04 Å². The van der Waals surface area contributed by atoms with E-state index >= 15 is 0 Å². The summed E-state index contributed by atoms with van der Waals surface area (Å²) in [6.07, 6.45) is 0.945. The van der Waals surface area contributed by atoms with Gasteiger partial charge in [-0.3, -0.25) is 4.79 Å². The number of benzene rings is 3. The highest BCUT2D eigenvalue weighted by molar-refractivity contribution is 5.84. The van der Waals surface area contributed by atoms with Gasteiger partial charge in [0.15, 0.2) is 6.10 Å². The SMILES string of the molecule is CC[C@H](Oc1ccc2ccccc2c1)C(=O)N[C@H](CC)c1ccccc1. The average Bonchev–Trinajstić information content (AvgIpc) is 2.70. The molecule has 0 saturated carbocycles. The Morgan fingerprint density at radius 3 is 2.27 bits per heavy atom. The Morgan fingerprint density at radius 2 is 1.58 bits per heavy atom. The molecule has 0 aromatic heterocycles. The van der Waals surface area contributed by atoms with Crippen LogP contribution in [0.1, 0.15) is 38.3 Å². The summed E-state index contributed by atoms with van der Waals surface area (Å²) in [6, 6.07) is 24.1. The normalized spacial score (nSPS) is 13.2. The van der Waals surface area contributed by atoms with Crippen molar-refractivity contribution in [2.45, 2.75) is 38.8 Å². The van der Waals surface area contributed by atoms with E-state index in [0.29, 0.717) is 6.42 Å². The lowest BCUT2D eigenvalue weighted by Gasteiger charge is -2.22. The molecule has 0 fully saturated rings. The van der Waals surface area contributed by atoms with E-state index in [0.717, 1.165) is 28.5 Å². The van der Waals surface area contributed by atoms with E-state index in [2.05, 4.69) is 18.3 Å². The van der Waals surface area contributed by atoms with Gasteiger partial charge in [0.2, 0.25) is 0 Å². The molecule has 134 valence electrons. The zero-order chi connectivity index (χ0) is 18.4. The Balaban J connectivity index is 1.71. The van der Waals surface area contributed by atoms with Crippen molar-refractivity contribution in [3.8, 4) is 5.75 Å². The first-order valence-electron chi connectivity index (χ1n) is 9.22. The van der Waals surface area contributed by atoms with Crippen molar-refractivity contribution in [1.82, 2.24) is 5.32 Å². The van der Waals surface area contributed by atoms with Gasteiger partial charge in [-0.15, -0.1) is 0 Å². The number of hydrogen-bond donors (Lipinski definition) is 1. The molecule has 3 nitrogen and oxygen atoms in total. The number of rotatable bonds is 7. The van der Waals surface area contributed by atoms with Crippen molar-refractivity contribution in [1.29, 1.82) is 0 Å². The number of ether oxygens (including phenoxy) is 1. The zero-order valence-corrected chi connectivity index (χ0v) is 15.3. The molecule has 26 heavy (non-hydrogen) atoms. The van der Waals surface area contributed by atoms with Crippen molar-refractivity contribution in [2.24, 2.45) is 0 Å². The molecule has 3 aromatic rings. The van der Waals surface area contributed by atoms with Crippen molar-refractivity contribution >= 4 is 16.7 Å². The van der Waals surface area contributed by atoms with Gasteiger partial charge in [-0.2, -0.15) is 0 Å². The standard InChI is InChI=1S/C23H25NO2/c1-3-21(18-11-6-5-7-12-18)24-23(25)22(4-2)26-20-15-14-17-10-8-9-13-19(17)16-20/h5-16,21-22H,3-4H2,1-2H3,(H,24,25)/t21-,22+/m1/s1. The zero-order valence-electron chi connectivity index (χ0n) is 15.3. The summed E-state index contributed by atoms with van der Waals surface area (Å²) < 4.78 is 6.00. The summed E-state index contributed by atoms with van der Waals surface area (Å²) in [7, 11) is 0. The summed E-state index contributed by atoms with van der Waals surface area (Å²) in [5.41, 5.74) is 1.11. The van der Waals surface area contributed by atoms with Gasteiger partial charge in [0, 0.05) is 0 Å². The van der Waals surface area contributed by atoms with Gasteiger partial charge in [0.25, 0.3) is 5.91 Å². The first kappa shape index (κ1) is 18.0. The maximum absolute atomic E-state index is 12.7. The summed E-state index contributed by atoms with van der Waals surface area (Å²) in [5.74, 6) is 0.648. The molecule has 1 N–H and O–H groups in total. The lowest BCUT2D eigenvalue weighted by molar-refractivity contribution is -0.128. The largest absolute Gasteiger partial charge is 0.481 e. The van der Waals surface area contributed by atoms with E-state index in [9.17, 15) is 4.79 Å². The van der Waals surface area contributed by atoms with E-state index in [1.54, 1.807) is 0 Å². The Bertz CT molecular complexity index is 860. The van der Waals surface area contributed by atoms with Gasteiger partial charge < -0.3 is 10.1 Å². The van der Waals surface area contributed by atoms with Crippen LogP contribution < -0.4 is 10.1 Å².